The van der Waals surface area contributed by atoms with E-state index in [1.165, 1.54) is 38.5 Å². The molecule has 3 aliphatic rings. The highest BCUT2D eigenvalue weighted by Crippen LogP contribution is 2.29. The van der Waals surface area contributed by atoms with Gasteiger partial charge in [-0.25, -0.2) is 0 Å². The molecule has 0 aromatic heterocycles. The summed E-state index contributed by atoms with van der Waals surface area (Å²) in [4.78, 5) is 15.0. The van der Waals surface area contributed by atoms with Crippen LogP contribution in [0.15, 0.2) is 0 Å². The minimum Gasteiger partial charge on any atom is -0.388 e. The van der Waals surface area contributed by atoms with Crippen molar-refractivity contribution in [3.63, 3.8) is 0 Å². The van der Waals surface area contributed by atoms with Crippen LogP contribution < -0.4 is 5.32 Å². The fraction of sp³-hybridized carbons (Fsp3) is 0.947. The lowest BCUT2D eigenvalue weighted by atomic mass is 9.94. The number of nitrogens with zero attached hydrogens (tertiary/aromatic N) is 1. The number of amides is 1. The summed E-state index contributed by atoms with van der Waals surface area (Å²) >= 11 is 0. The maximum Gasteiger partial charge on any atom is 0.237 e. The molecule has 2 N–H and O–H groups in total. The first-order valence-electron chi connectivity index (χ1n) is 9.90. The zero-order valence-corrected chi connectivity index (χ0v) is 14.6. The van der Waals surface area contributed by atoms with Crippen LogP contribution in [0.5, 0.6) is 0 Å². The smallest absolute Gasteiger partial charge is 0.237 e. The number of nitrogens with one attached hydrogen (secondary N) is 1. The molecule has 1 atom stereocenters. The number of aliphatic hydroxyl groups is 1. The van der Waals surface area contributed by atoms with E-state index in [0.717, 1.165) is 57.5 Å². The summed E-state index contributed by atoms with van der Waals surface area (Å²) < 4.78 is 0. The van der Waals surface area contributed by atoms with Gasteiger partial charge in [0, 0.05) is 13.1 Å². The molecule has 0 aromatic rings. The van der Waals surface area contributed by atoms with E-state index in [4.69, 9.17) is 0 Å². The molecule has 0 aromatic carbocycles. The Hall–Kier alpha value is -0.610. The largest absolute Gasteiger partial charge is 0.388 e. The van der Waals surface area contributed by atoms with Gasteiger partial charge in [-0.2, -0.15) is 0 Å². The number of rotatable bonds is 5. The first-order valence-corrected chi connectivity index (χ1v) is 9.90. The van der Waals surface area contributed by atoms with Gasteiger partial charge in [0.15, 0.2) is 0 Å². The molecule has 4 nitrogen and oxygen atoms in total. The SMILES string of the molecule is O=C(NCC1(O)CCCCCC1)[C@H]1CCCN1CC1CCCC1. The minimum atomic E-state index is -0.666. The van der Waals surface area contributed by atoms with E-state index in [1.54, 1.807) is 0 Å². The Labute approximate surface area is 141 Å². The summed E-state index contributed by atoms with van der Waals surface area (Å²) in [7, 11) is 0. The van der Waals surface area contributed by atoms with Crippen molar-refractivity contribution in [1.29, 1.82) is 0 Å². The molecule has 1 saturated heterocycles. The molecule has 23 heavy (non-hydrogen) atoms. The van der Waals surface area contributed by atoms with Gasteiger partial charge in [-0.15, -0.1) is 0 Å². The van der Waals surface area contributed by atoms with Gasteiger partial charge in [0.05, 0.1) is 11.6 Å². The number of likely N-dealkylation sites (tertiary alicyclic amines) is 1. The van der Waals surface area contributed by atoms with Gasteiger partial charge in [-0.3, -0.25) is 9.69 Å². The van der Waals surface area contributed by atoms with E-state index in [2.05, 4.69) is 10.2 Å². The highest BCUT2D eigenvalue weighted by Gasteiger charge is 2.34. The van der Waals surface area contributed by atoms with E-state index in [0.29, 0.717) is 6.54 Å². The van der Waals surface area contributed by atoms with Gasteiger partial charge >= 0.3 is 0 Å². The van der Waals surface area contributed by atoms with Crippen LogP contribution in [0.4, 0.5) is 0 Å². The first kappa shape index (κ1) is 17.2. The number of carbonyl (C=O) groups is 1. The van der Waals surface area contributed by atoms with Crippen molar-refractivity contribution in [1.82, 2.24) is 10.2 Å². The molecule has 4 heteroatoms. The average Bonchev–Trinajstić information content (AvgIpc) is 3.17. The van der Waals surface area contributed by atoms with Gasteiger partial charge in [0.25, 0.3) is 0 Å². The maximum absolute atomic E-state index is 12.6. The quantitative estimate of drug-likeness (QED) is 0.765. The van der Waals surface area contributed by atoms with E-state index in [1.807, 2.05) is 0 Å². The fourth-order valence-electron chi connectivity index (χ4n) is 4.80. The molecule has 132 valence electrons. The second-order valence-corrected chi connectivity index (χ2v) is 8.16. The third-order valence-corrected chi connectivity index (χ3v) is 6.26. The monoisotopic (exact) mass is 322 g/mol. The lowest BCUT2D eigenvalue weighted by Crippen LogP contribution is -2.49. The van der Waals surface area contributed by atoms with Crippen molar-refractivity contribution in [2.24, 2.45) is 5.92 Å². The van der Waals surface area contributed by atoms with Crippen LogP contribution in [0.1, 0.15) is 77.0 Å². The first-order chi connectivity index (χ1) is 11.2. The summed E-state index contributed by atoms with van der Waals surface area (Å²) in [6.45, 7) is 2.61. The number of hydrogen-bond donors (Lipinski definition) is 2. The summed E-state index contributed by atoms with van der Waals surface area (Å²) in [5.41, 5.74) is -0.666. The van der Waals surface area contributed by atoms with Gasteiger partial charge in [-0.1, -0.05) is 38.5 Å². The van der Waals surface area contributed by atoms with Crippen molar-refractivity contribution >= 4 is 5.91 Å². The third kappa shape index (κ3) is 4.69. The van der Waals surface area contributed by atoms with Crippen molar-refractivity contribution in [2.45, 2.75) is 88.7 Å². The predicted molar refractivity (Wildman–Crippen MR) is 92.2 cm³/mol. The average molecular weight is 322 g/mol. The Morgan fingerprint density at radius 3 is 2.39 bits per heavy atom. The summed E-state index contributed by atoms with van der Waals surface area (Å²) in [6, 6.07) is 0.0463. The van der Waals surface area contributed by atoms with Crippen LogP contribution in [0.3, 0.4) is 0 Å². The lowest BCUT2D eigenvalue weighted by Gasteiger charge is -2.30. The van der Waals surface area contributed by atoms with Crippen molar-refractivity contribution < 1.29 is 9.90 Å². The predicted octanol–water partition coefficient (Wildman–Crippen LogP) is 2.84. The zero-order valence-electron chi connectivity index (χ0n) is 14.6. The molecule has 1 heterocycles. The molecular formula is C19H34N2O2. The number of carbonyl (C=O) groups excluding carboxylic acids is 1. The van der Waals surface area contributed by atoms with Crippen LogP contribution in [0.2, 0.25) is 0 Å². The molecular weight excluding hydrogens is 288 g/mol. The molecule has 1 aliphatic heterocycles. The van der Waals surface area contributed by atoms with Crippen molar-refractivity contribution in [3.8, 4) is 0 Å². The van der Waals surface area contributed by atoms with Crippen molar-refractivity contribution in [3.05, 3.63) is 0 Å². The van der Waals surface area contributed by atoms with Gasteiger partial charge in [-0.05, 0) is 51.0 Å². The molecule has 0 unspecified atom stereocenters. The Kier molecular flexibility index (Phi) is 5.97. The number of hydrogen-bond acceptors (Lipinski definition) is 3. The van der Waals surface area contributed by atoms with Crippen LogP contribution in [-0.4, -0.2) is 47.2 Å². The minimum absolute atomic E-state index is 0.0463. The maximum atomic E-state index is 12.6. The standard InChI is InChI=1S/C19H34N2O2/c22-18(20-15-19(23)11-5-1-2-6-12-19)17-10-7-13-21(17)14-16-8-3-4-9-16/h16-17,23H,1-15H2,(H,20,22)/t17-/m1/s1. The van der Waals surface area contributed by atoms with Gasteiger partial charge in [0.1, 0.15) is 0 Å². The normalized spacial score (nSPS) is 29.5. The molecule has 3 fully saturated rings. The Morgan fingerprint density at radius 2 is 1.70 bits per heavy atom. The second kappa shape index (κ2) is 7.98. The molecule has 0 radical (unpaired) electrons. The van der Waals surface area contributed by atoms with E-state index in [9.17, 15) is 9.90 Å². The van der Waals surface area contributed by atoms with Gasteiger partial charge in [0.2, 0.25) is 5.91 Å². The topological polar surface area (TPSA) is 52.6 Å². The molecule has 3 rings (SSSR count). The highest BCUT2D eigenvalue weighted by molar-refractivity contribution is 5.82. The Morgan fingerprint density at radius 1 is 1.00 bits per heavy atom. The second-order valence-electron chi connectivity index (χ2n) is 8.16. The molecule has 0 spiro atoms. The van der Waals surface area contributed by atoms with Crippen molar-refractivity contribution in [2.75, 3.05) is 19.6 Å². The lowest BCUT2D eigenvalue weighted by molar-refractivity contribution is -0.127. The van der Waals surface area contributed by atoms with E-state index >= 15 is 0 Å². The Balaban J connectivity index is 1.48. The fourth-order valence-corrected chi connectivity index (χ4v) is 4.80. The van der Waals surface area contributed by atoms with Crippen LogP contribution in [-0.2, 0) is 4.79 Å². The van der Waals surface area contributed by atoms with E-state index in [-0.39, 0.29) is 11.9 Å². The van der Waals surface area contributed by atoms with Gasteiger partial charge < -0.3 is 10.4 Å². The molecule has 0 bridgehead atoms. The van der Waals surface area contributed by atoms with Crippen LogP contribution in [0, 0.1) is 5.92 Å². The third-order valence-electron chi connectivity index (χ3n) is 6.26. The summed E-state index contributed by atoms with van der Waals surface area (Å²) in [5, 5.41) is 13.8. The molecule has 2 saturated carbocycles. The summed E-state index contributed by atoms with van der Waals surface area (Å²) in [5.74, 6) is 0.951. The molecule has 2 aliphatic carbocycles. The van der Waals surface area contributed by atoms with Crippen LogP contribution >= 0.6 is 0 Å². The highest BCUT2D eigenvalue weighted by atomic mass is 16.3. The van der Waals surface area contributed by atoms with E-state index < -0.39 is 5.60 Å². The summed E-state index contributed by atoms with van der Waals surface area (Å²) in [6.07, 6.45) is 13.8. The molecule has 1 amide bonds. The zero-order chi connectivity index (χ0) is 16.1. The Bertz CT molecular complexity index is 385. The van der Waals surface area contributed by atoms with Crippen LogP contribution in [0.25, 0.3) is 0 Å².